The molecule has 0 aliphatic carbocycles. The first-order chi connectivity index (χ1) is 10.7. The van der Waals surface area contributed by atoms with E-state index in [-0.39, 0.29) is 0 Å². The lowest BCUT2D eigenvalue weighted by molar-refractivity contribution is 0.432. The Labute approximate surface area is 126 Å². The van der Waals surface area contributed by atoms with Gasteiger partial charge in [-0.3, -0.25) is 0 Å². The Hall–Kier alpha value is -3.02. The minimum atomic E-state index is 0.512. The van der Waals surface area contributed by atoms with Gasteiger partial charge in [0.15, 0.2) is 0 Å². The van der Waals surface area contributed by atoms with Crippen molar-refractivity contribution in [1.29, 1.82) is 0 Å². The van der Waals surface area contributed by atoms with Crippen LogP contribution in [0.5, 0.6) is 0 Å². The highest BCUT2D eigenvalue weighted by atomic mass is 16.5. The van der Waals surface area contributed by atoms with Gasteiger partial charge in [0, 0.05) is 18.2 Å². The van der Waals surface area contributed by atoms with Crippen LogP contribution in [0.1, 0.15) is 5.56 Å². The molecule has 0 unspecified atom stereocenters. The lowest BCUT2D eigenvalue weighted by atomic mass is 10.1. The first kappa shape index (κ1) is 12.7. The average Bonchev–Trinajstić information content (AvgIpc) is 3.16. The normalized spacial score (nSPS) is 11.2. The van der Waals surface area contributed by atoms with E-state index in [4.69, 9.17) is 4.52 Å². The van der Waals surface area contributed by atoms with Crippen molar-refractivity contribution < 1.29 is 4.52 Å². The van der Waals surface area contributed by atoms with Crippen molar-refractivity contribution in [2.24, 2.45) is 7.05 Å². The molecule has 6 heteroatoms. The van der Waals surface area contributed by atoms with Gasteiger partial charge < -0.3 is 4.52 Å². The van der Waals surface area contributed by atoms with Crippen LogP contribution in [0.4, 0.5) is 0 Å². The van der Waals surface area contributed by atoms with E-state index in [0.29, 0.717) is 11.7 Å². The summed E-state index contributed by atoms with van der Waals surface area (Å²) < 4.78 is 7.09. The SMILES string of the molecule is Cc1ccc(-c2nc(-c3ccc4nnn(C)c4c3)no2)cc1. The first-order valence-corrected chi connectivity index (χ1v) is 6.91. The summed E-state index contributed by atoms with van der Waals surface area (Å²) in [5, 5.41) is 12.1. The third kappa shape index (κ3) is 2.05. The summed E-state index contributed by atoms with van der Waals surface area (Å²) in [6, 6.07) is 13.8. The number of nitrogens with zero attached hydrogens (tertiary/aromatic N) is 5. The Balaban J connectivity index is 1.76. The molecule has 0 saturated carbocycles. The summed E-state index contributed by atoms with van der Waals surface area (Å²) in [7, 11) is 1.85. The van der Waals surface area contributed by atoms with Crippen molar-refractivity contribution >= 4 is 11.0 Å². The predicted octanol–water partition coefficient (Wildman–Crippen LogP) is 2.99. The summed E-state index contributed by atoms with van der Waals surface area (Å²) in [6.07, 6.45) is 0. The number of hydrogen-bond acceptors (Lipinski definition) is 5. The number of hydrogen-bond donors (Lipinski definition) is 0. The van der Waals surface area contributed by atoms with Crippen LogP contribution in [0.2, 0.25) is 0 Å². The molecular weight excluding hydrogens is 278 g/mol. The summed E-state index contributed by atoms with van der Waals surface area (Å²) in [4.78, 5) is 4.47. The van der Waals surface area contributed by atoms with Crippen LogP contribution >= 0.6 is 0 Å². The van der Waals surface area contributed by atoms with Gasteiger partial charge in [-0.25, -0.2) is 4.68 Å². The van der Waals surface area contributed by atoms with E-state index in [1.54, 1.807) is 4.68 Å². The lowest BCUT2D eigenvalue weighted by Gasteiger charge is -1.96. The van der Waals surface area contributed by atoms with Gasteiger partial charge in [0.25, 0.3) is 5.89 Å². The van der Waals surface area contributed by atoms with Gasteiger partial charge in [-0.2, -0.15) is 4.98 Å². The van der Waals surface area contributed by atoms with Gasteiger partial charge in [0.1, 0.15) is 5.52 Å². The predicted molar refractivity (Wildman–Crippen MR) is 82.0 cm³/mol. The monoisotopic (exact) mass is 291 g/mol. The molecular formula is C16H13N5O. The van der Waals surface area contributed by atoms with Crippen molar-refractivity contribution in [2.75, 3.05) is 0 Å². The Morgan fingerprint density at radius 1 is 1.00 bits per heavy atom. The van der Waals surface area contributed by atoms with E-state index >= 15 is 0 Å². The van der Waals surface area contributed by atoms with E-state index < -0.39 is 0 Å². The molecule has 0 atom stereocenters. The molecule has 0 radical (unpaired) electrons. The number of fused-ring (bicyclic) bond motifs is 1. The molecule has 2 aromatic carbocycles. The maximum absolute atomic E-state index is 5.37. The highest BCUT2D eigenvalue weighted by Gasteiger charge is 2.12. The molecule has 0 fully saturated rings. The highest BCUT2D eigenvalue weighted by molar-refractivity contribution is 5.80. The standard InChI is InChI=1S/C16H13N5O/c1-10-3-5-11(6-4-10)16-17-15(19-22-16)12-7-8-13-14(9-12)21(2)20-18-13/h3-9H,1-2H3. The fraction of sp³-hybridized carbons (Fsp3) is 0.125. The summed E-state index contributed by atoms with van der Waals surface area (Å²) in [6.45, 7) is 2.04. The van der Waals surface area contributed by atoms with Crippen molar-refractivity contribution in [3.63, 3.8) is 0 Å². The van der Waals surface area contributed by atoms with E-state index in [1.165, 1.54) is 5.56 Å². The maximum atomic E-state index is 5.37. The van der Waals surface area contributed by atoms with Gasteiger partial charge in [-0.05, 0) is 37.3 Å². The number of aryl methyl sites for hydroxylation is 2. The largest absolute Gasteiger partial charge is 0.334 e. The molecule has 0 N–H and O–H groups in total. The number of aromatic nitrogens is 5. The summed E-state index contributed by atoms with van der Waals surface area (Å²) >= 11 is 0. The second kappa shape index (κ2) is 4.77. The van der Waals surface area contributed by atoms with Gasteiger partial charge in [0.05, 0.1) is 5.52 Å². The number of benzene rings is 2. The Bertz CT molecular complexity index is 952. The van der Waals surface area contributed by atoms with Gasteiger partial charge >= 0.3 is 0 Å². The van der Waals surface area contributed by atoms with Crippen LogP contribution < -0.4 is 0 Å². The summed E-state index contributed by atoms with van der Waals surface area (Å²) in [5.74, 6) is 1.07. The average molecular weight is 291 g/mol. The molecule has 4 rings (SSSR count). The fourth-order valence-electron chi connectivity index (χ4n) is 2.32. The Morgan fingerprint density at radius 3 is 2.59 bits per heavy atom. The van der Waals surface area contributed by atoms with E-state index in [0.717, 1.165) is 22.2 Å². The third-order valence-electron chi connectivity index (χ3n) is 3.59. The van der Waals surface area contributed by atoms with Crippen LogP contribution in [-0.4, -0.2) is 25.1 Å². The third-order valence-corrected chi connectivity index (χ3v) is 3.59. The Morgan fingerprint density at radius 2 is 1.77 bits per heavy atom. The molecule has 22 heavy (non-hydrogen) atoms. The first-order valence-electron chi connectivity index (χ1n) is 6.91. The molecule has 108 valence electrons. The zero-order chi connectivity index (χ0) is 15.1. The molecule has 0 amide bonds. The second-order valence-electron chi connectivity index (χ2n) is 5.21. The molecule has 0 aliphatic heterocycles. The molecule has 0 aliphatic rings. The summed E-state index contributed by atoms with van der Waals surface area (Å²) in [5.41, 5.74) is 4.75. The molecule has 2 aromatic heterocycles. The minimum Gasteiger partial charge on any atom is -0.334 e. The van der Waals surface area contributed by atoms with Gasteiger partial charge in [0.2, 0.25) is 5.82 Å². The van der Waals surface area contributed by atoms with Crippen molar-refractivity contribution in [2.45, 2.75) is 6.92 Å². The molecule has 6 nitrogen and oxygen atoms in total. The van der Waals surface area contributed by atoms with Crippen LogP contribution in [0.3, 0.4) is 0 Å². The quantitative estimate of drug-likeness (QED) is 0.568. The van der Waals surface area contributed by atoms with Crippen molar-refractivity contribution in [3.05, 3.63) is 48.0 Å². The smallest absolute Gasteiger partial charge is 0.258 e. The zero-order valence-electron chi connectivity index (χ0n) is 12.2. The molecule has 4 aromatic rings. The molecule has 2 heterocycles. The highest BCUT2D eigenvalue weighted by Crippen LogP contribution is 2.24. The van der Waals surface area contributed by atoms with Crippen molar-refractivity contribution in [3.8, 4) is 22.8 Å². The Kier molecular flexibility index (Phi) is 2.75. The fourth-order valence-corrected chi connectivity index (χ4v) is 2.32. The van der Waals surface area contributed by atoms with E-state index in [2.05, 4.69) is 20.5 Å². The second-order valence-corrected chi connectivity index (χ2v) is 5.21. The minimum absolute atomic E-state index is 0.512. The van der Waals surface area contributed by atoms with Crippen LogP contribution in [-0.2, 0) is 7.05 Å². The van der Waals surface area contributed by atoms with Crippen LogP contribution in [0.15, 0.2) is 47.0 Å². The van der Waals surface area contributed by atoms with Crippen molar-refractivity contribution in [1.82, 2.24) is 25.1 Å². The van der Waals surface area contributed by atoms with Gasteiger partial charge in [-0.15, -0.1) is 5.10 Å². The van der Waals surface area contributed by atoms with Crippen LogP contribution in [0.25, 0.3) is 33.9 Å². The zero-order valence-corrected chi connectivity index (χ0v) is 12.2. The maximum Gasteiger partial charge on any atom is 0.258 e. The van der Waals surface area contributed by atoms with E-state index in [9.17, 15) is 0 Å². The molecule has 0 spiro atoms. The topological polar surface area (TPSA) is 69.6 Å². The molecule has 0 bridgehead atoms. The van der Waals surface area contributed by atoms with E-state index in [1.807, 2.05) is 56.4 Å². The lowest BCUT2D eigenvalue weighted by Crippen LogP contribution is -1.90. The number of rotatable bonds is 2. The van der Waals surface area contributed by atoms with Gasteiger partial charge in [-0.1, -0.05) is 28.1 Å². The molecule has 0 saturated heterocycles. The van der Waals surface area contributed by atoms with Crippen LogP contribution in [0, 0.1) is 6.92 Å².